The number of rotatable bonds is 7. The van der Waals surface area contributed by atoms with Gasteiger partial charge in [0, 0.05) is 20.0 Å². The fourth-order valence-electron chi connectivity index (χ4n) is 0.965. The van der Waals surface area contributed by atoms with E-state index in [4.69, 9.17) is 8.85 Å². The molecule has 0 atom stereocenters. The second-order valence-corrected chi connectivity index (χ2v) is 13.9. The molecule has 0 unspecified atom stereocenters. The summed E-state index contributed by atoms with van der Waals surface area (Å²) in [6.07, 6.45) is -0.900. The SMILES string of the molecule is CO[Si](C)(CCCSP(C)(C)=O)OC. The fourth-order valence-corrected chi connectivity index (χ4v) is 5.03. The molecule has 0 aliphatic heterocycles. The summed E-state index contributed by atoms with van der Waals surface area (Å²) < 4.78 is 22.1. The highest BCUT2D eigenvalue weighted by Crippen LogP contribution is 2.51. The molecule has 0 radical (unpaired) electrons. The van der Waals surface area contributed by atoms with Crippen LogP contribution in [0.15, 0.2) is 0 Å². The summed E-state index contributed by atoms with van der Waals surface area (Å²) in [6, 6.07) is 0.965. The minimum atomic E-state index is -1.91. The Hall–Kier alpha value is 0.717. The van der Waals surface area contributed by atoms with Gasteiger partial charge in [-0.3, -0.25) is 0 Å². The third kappa shape index (κ3) is 7.07. The van der Waals surface area contributed by atoms with Gasteiger partial charge in [0.2, 0.25) is 0 Å². The molecule has 0 saturated carbocycles. The first-order valence-electron chi connectivity index (χ1n) is 4.63. The standard InChI is InChI=1S/C8H21O3PSSi/c1-10-14(5,11-2)8-6-7-13-12(3,4)9/h6-8H2,1-5H3. The number of hydrogen-bond acceptors (Lipinski definition) is 4. The van der Waals surface area contributed by atoms with Gasteiger partial charge in [0.25, 0.3) is 0 Å². The van der Waals surface area contributed by atoms with Crippen LogP contribution in [0.3, 0.4) is 0 Å². The van der Waals surface area contributed by atoms with Crippen molar-refractivity contribution in [3.63, 3.8) is 0 Å². The van der Waals surface area contributed by atoms with E-state index in [0.717, 1.165) is 18.2 Å². The van der Waals surface area contributed by atoms with E-state index in [1.165, 1.54) is 0 Å². The molecule has 0 aromatic carbocycles. The van der Waals surface area contributed by atoms with Crippen LogP contribution in [0.2, 0.25) is 12.6 Å². The van der Waals surface area contributed by atoms with Gasteiger partial charge < -0.3 is 13.4 Å². The summed E-state index contributed by atoms with van der Waals surface area (Å²) >= 11 is 1.56. The van der Waals surface area contributed by atoms with Crippen LogP contribution in [0.4, 0.5) is 0 Å². The van der Waals surface area contributed by atoms with Gasteiger partial charge >= 0.3 is 8.56 Å². The molecule has 0 saturated heterocycles. The molecular weight excluding hydrogens is 235 g/mol. The Bertz CT molecular complexity index is 203. The van der Waals surface area contributed by atoms with Gasteiger partial charge in [-0.25, -0.2) is 0 Å². The van der Waals surface area contributed by atoms with Crippen LogP contribution >= 0.6 is 17.7 Å². The molecule has 0 heterocycles. The average Bonchev–Trinajstić information content (AvgIpc) is 2.11. The third-order valence-electron chi connectivity index (χ3n) is 2.04. The van der Waals surface area contributed by atoms with Crippen LogP contribution < -0.4 is 0 Å². The first-order valence-corrected chi connectivity index (χ1v) is 11.3. The molecule has 6 heteroatoms. The van der Waals surface area contributed by atoms with Crippen molar-refractivity contribution in [2.45, 2.75) is 19.0 Å². The van der Waals surface area contributed by atoms with Crippen LogP contribution in [0.5, 0.6) is 0 Å². The van der Waals surface area contributed by atoms with Crippen molar-refractivity contribution in [3.05, 3.63) is 0 Å². The molecule has 0 amide bonds. The smallest absolute Gasteiger partial charge is 0.334 e. The van der Waals surface area contributed by atoms with Gasteiger partial charge in [-0.15, -0.1) is 0 Å². The van der Waals surface area contributed by atoms with Crippen molar-refractivity contribution in [2.75, 3.05) is 33.3 Å². The summed E-state index contributed by atoms with van der Waals surface area (Å²) in [6.45, 7) is 5.66. The van der Waals surface area contributed by atoms with Crippen LogP contribution in [0.1, 0.15) is 6.42 Å². The van der Waals surface area contributed by atoms with Gasteiger partial charge in [0.05, 0.1) is 0 Å². The molecule has 0 spiro atoms. The van der Waals surface area contributed by atoms with Crippen molar-refractivity contribution in [2.24, 2.45) is 0 Å². The van der Waals surface area contributed by atoms with E-state index in [1.807, 2.05) is 0 Å². The van der Waals surface area contributed by atoms with Crippen LogP contribution in [0, 0.1) is 0 Å². The Morgan fingerprint density at radius 3 is 2.14 bits per heavy atom. The van der Waals surface area contributed by atoms with Crippen LogP contribution in [0.25, 0.3) is 0 Å². The zero-order valence-electron chi connectivity index (χ0n) is 9.70. The average molecular weight is 256 g/mol. The lowest BCUT2D eigenvalue weighted by Crippen LogP contribution is -2.35. The summed E-state index contributed by atoms with van der Waals surface area (Å²) in [5.41, 5.74) is 0. The van der Waals surface area contributed by atoms with Crippen molar-refractivity contribution < 1.29 is 13.4 Å². The molecule has 3 nitrogen and oxygen atoms in total. The van der Waals surface area contributed by atoms with E-state index in [-0.39, 0.29) is 0 Å². The lowest BCUT2D eigenvalue weighted by molar-refractivity contribution is 0.249. The van der Waals surface area contributed by atoms with E-state index < -0.39 is 14.9 Å². The van der Waals surface area contributed by atoms with Crippen molar-refractivity contribution in [3.8, 4) is 0 Å². The maximum atomic E-state index is 11.4. The lowest BCUT2D eigenvalue weighted by Gasteiger charge is -2.22. The molecule has 0 rings (SSSR count). The molecule has 0 aliphatic carbocycles. The maximum absolute atomic E-state index is 11.4. The first kappa shape index (κ1) is 14.7. The van der Waals surface area contributed by atoms with E-state index in [9.17, 15) is 4.57 Å². The number of hydrogen-bond donors (Lipinski definition) is 0. The predicted molar refractivity (Wildman–Crippen MR) is 67.0 cm³/mol. The molecule has 0 fully saturated rings. The summed E-state index contributed by atoms with van der Waals surface area (Å²) in [5.74, 6) is 0.930. The monoisotopic (exact) mass is 256 g/mol. The maximum Gasteiger partial charge on any atom is 0.334 e. The Balaban J connectivity index is 3.68. The topological polar surface area (TPSA) is 35.5 Å². The van der Waals surface area contributed by atoms with E-state index >= 15 is 0 Å². The zero-order chi connectivity index (χ0) is 11.2. The Kier molecular flexibility index (Phi) is 6.66. The largest absolute Gasteiger partial charge is 0.398 e. The van der Waals surface area contributed by atoms with Crippen molar-refractivity contribution in [1.82, 2.24) is 0 Å². The molecule has 0 aromatic heterocycles. The summed E-state index contributed by atoms with van der Waals surface area (Å²) in [5, 5.41) is 0. The summed E-state index contributed by atoms with van der Waals surface area (Å²) in [7, 11) is 1.51. The molecule has 0 N–H and O–H groups in total. The van der Waals surface area contributed by atoms with Gasteiger partial charge in [0.15, 0.2) is 0 Å². The van der Waals surface area contributed by atoms with Gasteiger partial charge in [-0.1, -0.05) is 11.4 Å². The van der Waals surface area contributed by atoms with Crippen molar-refractivity contribution >= 4 is 26.3 Å². The quantitative estimate of drug-likeness (QED) is 0.398. The van der Waals surface area contributed by atoms with E-state index in [2.05, 4.69) is 6.55 Å². The highest BCUT2D eigenvalue weighted by atomic mass is 32.7. The minimum absolute atomic E-state index is 0.930. The van der Waals surface area contributed by atoms with Gasteiger partial charge in [0.1, 0.15) is 6.34 Å². The molecular formula is C8H21O3PSSi. The van der Waals surface area contributed by atoms with Crippen LogP contribution in [-0.4, -0.2) is 41.9 Å². The molecule has 0 bridgehead atoms. The Morgan fingerprint density at radius 1 is 1.29 bits per heavy atom. The normalized spacial score (nSPS) is 13.2. The molecule has 0 aliphatic rings. The highest BCUT2D eigenvalue weighted by molar-refractivity contribution is 8.57. The molecule has 86 valence electrons. The second-order valence-electron chi connectivity index (χ2n) is 3.73. The lowest BCUT2D eigenvalue weighted by atomic mass is 10.6. The first-order chi connectivity index (χ1) is 6.33. The van der Waals surface area contributed by atoms with Gasteiger partial charge in [-0.05, 0) is 32.3 Å². The Labute approximate surface area is 92.3 Å². The fraction of sp³-hybridized carbons (Fsp3) is 1.00. The predicted octanol–water partition coefficient (Wildman–Crippen LogP) is 3.01. The zero-order valence-corrected chi connectivity index (χ0v) is 12.4. The highest BCUT2D eigenvalue weighted by Gasteiger charge is 2.27. The van der Waals surface area contributed by atoms with Crippen molar-refractivity contribution in [1.29, 1.82) is 0 Å². The van der Waals surface area contributed by atoms with E-state index in [1.54, 1.807) is 38.9 Å². The second kappa shape index (κ2) is 6.33. The summed E-state index contributed by atoms with van der Waals surface area (Å²) in [4.78, 5) is 0. The molecule has 14 heavy (non-hydrogen) atoms. The third-order valence-corrected chi connectivity index (χ3v) is 8.54. The van der Waals surface area contributed by atoms with Crippen LogP contribution in [-0.2, 0) is 13.4 Å². The molecule has 0 aromatic rings. The Morgan fingerprint density at radius 2 is 1.79 bits per heavy atom. The minimum Gasteiger partial charge on any atom is -0.398 e. The van der Waals surface area contributed by atoms with Gasteiger partial charge in [-0.2, -0.15) is 0 Å². The van der Waals surface area contributed by atoms with E-state index in [0.29, 0.717) is 0 Å².